The van der Waals surface area contributed by atoms with Crippen molar-refractivity contribution in [1.29, 1.82) is 0 Å². The van der Waals surface area contributed by atoms with Crippen molar-refractivity contribution >= 4 is 5.78 Å². The van der Waals surface area contributed by atoms with Crippen LogP contribution in [0.5, 0.6) is 5.75 Å². The van der Waals surface area contributed by atoms with Gasteiger partial charge in [0.1, 0.15) is 11.5 Å². The van der Waals surface area contributed by atoms with E-state index in [0.29, 0.717) is 5.78 Å². The number of benzene rings is 1. The van der Waals surface area contributed by atoms with Gasteiger partial charge in [-0.3, -0.25) is 4.79 Å². The van der Waals surface area contributed by atoms with Crippen LogP contribution in [0.2, 0.25) is 0 Å². The number of hydrogen-bond acceptors (Lipinski definition) is 2. The highest BCUT2D eigenvalue weighted by Crippen LogP contribution is 2.30. The molecule has 1 aromatic rings. The van der Waals surface area contributed by atoms with Crippen LogP contribution in [0, 0.1) is 0 Å². The van der Waals surface area contributed by atoms with Crippen LogP contribution in [-0.4, -0.2) is 12.9 Å². The van der Waals surface area contributed by atoms with Gasteiger partial charge >= 0.3 is 0 Å². The lowest BCUT2D eigenvalue weighted by atomic mass is 9.91. The number of hydrogen-bond donors (Lipinski definition) is 0. The van der Waals surface area contributed by atoms with Gasteiger partial charge in [0.15, 0.2) is 0 Å². The minimum Gasteiger partial charge on any atom is -0.497 e. The highest BCUT2D eigenvalue weighted by Gasteiger charge is 2.22. The molecule has 0 amide bonds. The topological polar surface area (TPSA) is 26.3 Å². The molecule has 1 atom stereocenters. The molecule has 86 valence electrons. The molecule has 1 aliphatic carbocycles. The van der Waals surface area contributed by atoms with Crippen molar-refractivity contribution in [2.24, 2.45) is 0 Å². The zero-order chi connectivity index (χ0) is 11.4. The average Bonchev–Trinajstić information content (AvgIpc) is 2.54. The lowest BCUT2D eigenvalue weighted by Crippen LogP contribution is -2.10. The van der Waals surface area contributed by atoms with E-state index < -0.39 is 0 Å². The van der Waals surface area contributed by atoms with E-state index in [-0.39, 0.29) is 5.92 Å². The molecular formula is C14H18O2. The molecule has 0 aromatic heterocycles. The molecule has 0 heterocycles. The molecule has 0 radical (unpaired) electrons. The fourth-order valence-electron chi connectivity index (χ4n) is 2.37. The van der Waals surface area contributed by atoms with Crippen molar-refractivity contribution in [2.45, 2.75) is 38.0 Å². The Morgan fingerprint density at radius 3 is 2.94 bits per heavy atom. The van der Waals surface area contributed by atoms with Crippen LogP contribution >= 0.6 is 0 Å². The maximum atomic E-state index is 12.0. The maximum absolute atomic E-state index is 12.0. The molecule has 1 saturated carbocycles. The fraction of sp³-hybridized carbons (Fsp3) is 0.500. The van der Waals surface area contributed by atoms with Crippen molar-refractivity contribution in [1.82, 2.24) is 0 Å². The molecule has 0 saturated heterocycles. The van der Waals surface area contributed by atoms with E-state index in [0.717, 1.165) is 37.0 Å². The minimum atomic E-state index is 0.0950. The van der Waals surface area contributed by atoms with Crippen LogP contribution in [0.15, 0.2) is 24.3 Å². The number of carbonyl (C=O) groups is 1. The predicted molar refractivity (Wildman–Crippen MR) is 63.8 cm³/mol. The summed E-state index contributed by atoms with van der Waals surface area (Å²) in [5, 5.41) is 0. The first-order valence-corrected chi connectivity index (χ1v) is 5.98. The van der Waals surface area contributed by atoms with Gasteiger partial charge in [-0.25, -0.2) is 0 Å². The standard InChI is InChI=1S/C14H18O2/c1-16-12-7-5-6-11(10-12)13-8-3-2-4-9-14(13)15/h5-7,10,13H,2-4,8-9H2,1H3. The summed E-state index contributed by atoms with van der Waals surface area (Å²) in [5.74, 6) is 1.33. The van der Waals surface area contributed by atoms with Gasteiger partial charge in [0, 0.05) is 12.3 Å². The van der Waals surface area contributed by atoms with Crippen molar-refractivity contribution in [2.75, 3.05) is 7.11 Å². The Morgan fingerprint density at radius 1 is 1.25 bits per heavy atom. The summed E-state index contributed by atoms with van der Waals surface area (Å²) in [6, 6.07) is 7.92. The summed E-state index contributed by atoms with van der Waals surface area (Å²) < 4.78 is 5.20. The largest absolute Gasteiger partial charge is 0.497 e. The van der Waals surface area contributed by atoms with E-state index in [4.69, 9.17) is 4.74 Å². The molecule has 16 heavy (non-hydrogen) atoms. The lowest BCUT2D eigenvalue weighted by molar-refractivity contribution is -0.120. The zero-order valence-corrected chi connectivity index (χ0v) is 9.74. The van der Waals surface area contributed by atoms with Gasteiger partial charge in [-0.2, -0.15) is 0 Å². The van der Waals surface area contributed by atoms with E-state index in [1.807, 2.05) is 24.3 Å². The zero-order valence-electron chi connectivity index (χ0n) is 9.74. The Bertz CT molecular complexity index is 371. The Morgan fingerprint density at radius 2 is 2.12 bits per heavy atom. The van der Waals surface area contributed by atoms with Crippen LogP contribution in [-0.2, 0) is 4.79 Å². The summed E-state index contributed by atoms with van der Waals surface area (Å²) >= 11 is 0. The molecule has 2 heteroatoms. The highest BCUT2D eigenvalue weighted by molar-refractivity contribution is 5.86. The molecule has 0 spiro atoms. The van der Waals surface area contributed by atoms with Crippen LogP contribution in [0.4, 0.5) is 0 Å². The molecule has 0 bridgehead atoms. The van der Waals surface area contributed by atoms with Crippen molar-refractivity contribution in [3.63, 3.8) is 0 Å². The normalized spacial score (nSPS) is 21.6. The SMILES string of the molecule is COc1cccc(C2CCCCCC2=O)c1. The Balaban J connectivity index is 2.23. The molecule has 1 unspecified atom stereocenters. The smallest absolute Gasteiger partial charge is 0.140 e. The van der Waals surface area contributed by atoms with Crippen LogP contribution in [0.3, 0.4) is 0 Å². The monoisotopic (exact) mass is 218 g/mol. The second-order valence-electron chi connectivity index (χ2n) is 4.39. The van der Waals surface area contributed by atoms with E-state index in [1.54, 1.807) is 7.11 Å². The number of ether oxygens (including phenoxy) is 1. The number of carbonyl (C=O) groups excluding carboxylic acids is 1. The van der Waals surface area contributed by atoms with Crippen molar-refractivity contribution in [3.8, 4) is 5.75 Å². The second-order valence-corrected chi connectivity index (χ2v) is 4.39. The van der Waals surface area contributed by atoms with Gasteiger partial charge in [-0.1, -0.05) is 25.0 Å². The van der Waals surface area contributed by atoms with E-state index in [9.17, 15) is 4.79 Å². The first-order valence-electron chi connectivity index (χ1n) is 5.98. The van der Waals surface area contributed by atoms with Gasteiger partial charge in [0.25, 0.3) is 0 Å². The molecule has 1 aromatic carbocycles. The Kier molecular flexibility index (Phi) is 3.60. The van der Waals surface area contributed by atoms with Crippen LogP contribution in [0.1, 0.15) is 43.6 Å². The van der Waals surface area contributed by atoms with Gasteiger partial charge in [-0.15, -0.1) is 0 Å². The van der Waals surface area contributed by atoms with Crippen molar-refractivity contribution < 1.29 is 9.53 Å². The number of Topliss-reactive ketones (excluding diaryl/α,β-unsaturated/α-hetero) is 1. The molecule has 0 N–H and O–H groups in total. The summed E-state index contributed by atoms with van der Waals surface area (Å²) in [4.78, 5) is 12.0. The molecule has 0 aliphatic heterocycles. The maximum Gasteiger partial charge on any atom is 0.140 e. The third-order valence-corrected chi connectivity index (χ3v) is 3.30. The Labute approximate surface area is 96.6 Å². The molecular weight excluding hydrogens is 200 g/mol. The highest BCUT2D eigenvalue weighted by atomic mass is 16.5. The number of rotatable bonds is 2. The third kappa shape index (κ3) is 2.43. The summed E-state index contributed by atoms with van der Waals surface area (Å²) in [6.45, 7) is 0. The quantitative estimate of drug-likeness (QED) is 0.712. The van der Waals surface area contributed by atoms with Gasteiger partial charge in [0.2, 0.25) is 0 Å². The van der Waals surface area contributed by atoms with Gasteiger partial charge < -0.3 is 4.74 Å². The van der Waals surface area contributed by atoms with Gasteiger partial charge in [0.05, 0.1) is 7.11 Å². The second kappa shape index (κ2) is 5.15. The lowest BCUT2D eigenvalue weighted by Gasteiger charge is -2.14. The minimum absolute atomic E-state index is 0.0950. The number of methoxy groups -OCH3 is 1. The van der Waals surface area contributed by atoms with Gasteiger partial charge in [-0.05, 0) is 30.5 Å². The summed E-state index contributed by atoms with van der Waals surface area (Å²) in [5.41, 5.74) is 1.12. The Hall–Kier alpha value is -1.31. The third-order valence-electron chi connectivity index (χ3n) is 3.30. The van der Waals surface area contributed by atoms with Crippen molar-refractivity contribution in [3.05, 3.63) is 29.8 Å². The summed E-state index contributed by atoms with van der Waals surface area (Å²) in [6.07, 6.45) is 5.13. The van der Waals surface area contributed by atoms with E-state index in [2.05, 4.69) is 0 Å². The summed E-state index contributed by atoms with van der Waals surface area (Å²) in [7, 11) is 1.66. The molecule has 1 fully saturated rings. The van der Waals surface area contributed by atoms with Crippen LogP contribution in [0.25, 0.3) is 0 Å². The van der Waals surface area contributed by atoms with Crippen LogP contribution < -0.4 is 4.74 Å². The first kappa shape index (κ1) is 11.2. The van der Waals surface area contributed by atoms with E-state index >= 15 is 0 Å². The molecule has 2 rings (SSSR count). The molecule has 1 aliphatic rings. The van der Waals surface area contributed by atoms with E-state index in [1.165, 1.54) is 6.42 Å². The average molecular weight is 218 g/mol. The first-order chi connectivity index (χ1) is 7.81. The predicted octanol–water partition coefficient (Wildman–Crippen LogP) is 3.31. The fourth-order valence-corrected chi connectivity index (χ4v) is 2.37. The number of ketones is 1. The molecule has 2 nitrogen and oxygen atoms in total.